The molecule has 0 aromatic heterocycles. The van der Waals surface area contributed by atoms with E-state index >= 15 is 0 Å². The number of hydrogen-bond donors (Lipinski definition) is 1. The number of para-hydroxylation sites is 2. The molecule has 0 aliphatic carbocycles. The van der Waals surface area contributed by atoms with E-state index in [4.69, 9.17) is 30.5 Å². The van der Waals surface area contributed by atoms with Crippen LogP contribution < -0.4 is 24.3 Å². The summed E-state index contributed by atoms with van der Waals surface area (Å²) in [5.74, 6) is 1.52. The van der Waals surface area contributed by atoms with E-state index in [2.05, 4.69) is 5.32 Å². The third kappa shape index (κ3) is 4.48. The highest BCUT2D eigenvalue weighted by Gasteiger charge is 2.19. The first-order chi connectivity index (χ1) is 12.0. The molecule has 0 unspecified atom stereocenters. The van der Waals surface area contributed by atoms with Gasteiger partial charge in [-0.05, 0) is 19.1 Å². The maximum absolute atomic E-state index is 12.5. The van der Waals surface area contributed by atoms with Gasteiger partial charge in [0.1, 0.15) is 11.5 Å². The fraction of sp³-hybridized carbons (Fsp3) is 0.278. The largest absolute Gasteiger partial charge is 0.495 e. The summed E-state index contributed by atoms with van der Waals surface area (Å²) in [5, 5.41) is 3.14. The van der Waals surface area contributed by atoms with Crippen LogP contribution in [0, 0.1) is 0 Å². The van der Waals surface area contributed by atoms with Crippen LogP contribution in [-0.2, 0) is 4.79 Å². The topological polar surface area (TPSA) is 66.0 Å². The van der Waals surface area contributed by atoms with Crippen LogP contribution in [0.15, 0.2) is 36.4 Å². The lowest BCUT2D eigenvalue weighted by Gasteiger charge is -2.18. The normalized spacial score (nSPS) is 11.4. The maximum atomic E-state index is 12.5. The van der Waals surface area contributed by atoms with Crippen molar-refractivity contribution in [3.8, 4) is 23.0 Å². The number of methoxy groups -OCH3 is 3. The lowest BCUT2D eigenvalue weighted by Crippen LogP contribution is -2.30. The zero-order valence-electron chi connectivity index (χ0n) is 14.5. The molecule has 2 aromatic rings. The lowest BCUT2D eigenvalue weighted by atomic mass is 10.2. The first kappa shape index (κ1) is 18.7. The molecular weight excluding hydrogens is 346 g/mol. The van der Waals surface area contributed by atoms with E-state index in [1.54, 1.807) is 37.3 Å². The van der Waals surface area contributed by atoms with Crippen LogP contribution in [0.5, 0.6) is 23.0 Å². The SMILES string of the molecule is COc1cc(NC(=O)[C@@H](C)Oc2ccccc2OC)c(OC)cc1Cl. The summed E-state index contributed by atoms with van der Waals surface area (Å²) in [7, 11) is 4.52. The molecule has 0 fully saturated rings. The molecule has 1 atom stereocenters. The summed E-state index contributed by atoms with van der Waals surface area (Å²) in [6.45, 7) is 1.64. The molecule has 6 nitrogen and oxygen atoms in total. The number of carbonyl (C=O) groups excluding carboxylic acids is 1. The van der Waals surface area contributed by atoms with Gasteiger partial charge in [0, 0.05) is 12.1 Å². The van der Waals surface area contributed by atoms with Crippen molar-refractivity contribution in [3.63, 3.8) is 0 Å². The van der Waals surface area contributed by atoms with E-state index in [0.717, 1.165) is 0 Å². The van der Waals surface area contributed by atoms with Gasteiger partial charge in [-0.3, -0.25) is 4.79 Å². The summed E-state index contributed by atoms with van der Waals surface area (Å²) in [5.41, 5.74) is 0.434. The zero-order valence-corrected chi connectivity index (χ0v) is 15.2. The van der Waals surface area contributed by atoms with Gasteiger partial charge in [0.2, 0.25) is 0 Å². The minimum atomic E-state index is -0.761. The molecule has 0 radical (unpaired) electrons. The lowest BCUT2D eigenvalue weighted by molar-refractivity contribution is -0.122. The van der Waals surface area contributed by atoms with Gasteiger partial charge in [0.05, 0.1) is 32.0 Å². The number of amides is 1. The van der Waals surface area contributed by atoms with Gasteiger partial charge >= 0.3 is 0 Å². The molecule has 2 rings (SSSR count). The molecule has 1 amide bonds. The van der Waals surface area contributed by atoms with Gasteiger partial charge in [-0.1, -0.05) is 23.7 Å². The van der Waals surface area contributed by atoms with Gasteiger partial charge in [0.15, 0.2) is 17.6 Å². The van der Waals surface area contributed by atoms with Crippen molar-refractivity contribution in [1.82, 2.24) is 0 Å². The van der Waals surface area contributed by atoms with E-state index in [1.807, 2.05) is 6.07 Å². The standard InChI is InChI=1S/C18H20ClNO5/c1-11(25-15-8-6-5-7-14(15)22-2)18(21)20-13-10-16(23-3)12(19)9-17(13)24-4/h5-11H,1-4H3,(H,20,21)/t11-/m1/s1. The smallest absolute Gasteiger partial charge is 0.265 e. The fourth-order valence-corrected chi connectivity index (χ4v) is 2.38. The van der Waals surface area contributed by atoms with Crippen LogP contribution in [-0.4, -0.2) is 33.3 Å². The van der Waals surface area contributed by atoms with Crippen LogP contribution in [0.1, 0.15) is 6.92 Å². The highest BCUT2D eigenvalue weighted by Crippen LogP contribution is 2.36. The average molecular weight is 366 g/mol. The van der Waals surface area contributed by atoms with Crippen molar-refractivity contribution in [3.05, 3.63) is 41.4 Å². The average Bonchev–Trinajstić information content (AvgIpc) is 2.62. The van der Waals surface area contributed by atoms with Crippen molar-refractivity contribution in [2.45, 2.75) is 13.0 Å². The number of rotatable bonds is 7. The predicted octanol–water partition coefficient (Wildman–Crippen LogP) is 3.77. The van der Waals surface area contributed by atoms with Gasteiger partial charge in [-0.15, -0.1) is 0 Å². The van der Waals surface area contributed by atoms with Crippen LogP contribution >= 0.6 is 11.6 Å². The molecule has 0 aliphatic heterocycles. The van der Waals surface area contributed by atoms with Gasteiger partial charge < -0.3 is 24.3 Å². The number of anilines is 1. The van der Waals surface area contributed by atoms with Gasteiger partial charge in [-0.25, -0.2) is 0 Å². The molecular formula is C18H20ClNO5. The number of benzene rings is 2. The van der Waals surface area contributed by atoms with E-state index in [9.17, 15) is 4.79 Å². The van der Waals surface area contributed by atoms with Crippen LogP contribution in [0.25, 0.3) is 0 Å². The molecule has 0 heterocycles. The first-order valence-electron chi connectivity index (χ1n) is 7.52. The Morgan fingerprint density at radius 1 is 0.960 bits per heavy atom. The van der Waals surface area contributed by atoms with E-state index in [0.29, 0.717) is 33.7 Å². The van der Waals surface area contributed by atoms with Crippen LogP contribution in [0.4, 0.5) is 5.69 Å². The molecule has 0 saturated carbocycles. The van der Waals surface area contributed by atoms with Gasteiger partial charge in [0.25, 0.3) is 5.91 Å². The quantitative estimate of drug-likeness (QED) is 0.809. The minimum absolute atomic E-state index is 0.353. The van der Waals surface area contributed by atoms with E-state index in [1.165, 1.54) is 21.3 Å². The second-order valence-corrected chi connectivity index (χ2v) is 5.49. The number of hydrogen-bond acceptors (Lipinski definition) is 5. The third-order valence-electron chi connectivity index (χ3n) is 3.47. The summed E-state index contributed by atoms with van der Waals surface area (Å²) >= 11 is 6.06. The van der Waals surface area contributed by atoms with Crippen molar-refractivity contribution in [2.75, 3.05) is 26.6 Å². The molecule has 0 saturated heterocycles. The Balaban J connectivity index is 2.16. The number of halogens is 1. The Bertz CT molecular complexity index is 750. The Hall–Kier alpha value is -2.60. The molecule has 0 bridgehead atoms. The molecule has 7 heteroatoms. The van der Waals surface area contributed by atoms with E-state index < -0.39 is 6.10 Å². The second-order valence-electron chi connectivity index (χ2n) is 5.09. The van der Waals surface area contributed by atoms with Crippen molar-refractivity contribution in [1.29, 1.82) is 0 Å². The first-order valence-corrected chi connectivity index (χ1v) is 7.90. The molecule has 0 spiro atoms. The van der Waals surface area contributed by atoms with Crippen LogP contribution in [0.2, 0.25) is 5.02 Å². The number of ether oxygens (including phenoxy) is 4. The molecule has 2 aromatic carbocycles. The van der Waals surface area contributed by atoms with Gasteiger partial charge in [-0.2, -0.15) is 0 Å². The monoisotopic (exact) mass is 365 g/mol. The fourth-order valence-electron chi connectivity index (χ4n) is 2.15. The Morgan fingerprint density at radius 2 is 1.56 bits per heavy atom. The summed E-state index contributed by atoms with van der Waals surface area (Å²) < 4.78 is 21.3. The predicted molar refractivity (Wildman–Crippen MR) is 96.3 cm³/mol. The Labute approximate surface area is 151 Å². The number of carbonyl (C=O) groups is 1. The number of nitrogens with one attached hydrogen (secondary N) is 1. The minimum Gasteiger partial charge on any atom is -0.495 e. The Kier molecular flexibility index (Phi) is 6.36. The third-order valence-corrected chi connectivity index (χ3v) is 3.77. The highest BCUT2D eigenvalue weighted by atomic mass is 35.5. The molecule has 1 N–H and O–H groups in total. The summed E-state index contributed by atoms with van der Waals surface area (Å²) in [6, 6.07) is 10.3. The Morgan fingerprint density at radius 3 is 2.16 bits per heavy atom. The van der Waals surface area contributed by atoms with Crippen molar-refractivity contribution >= 4 is 23.2 Å². The molecule has 134 valence electrons. The molecule has 25 heavy (non-hydrogen) atoms. The van der Waals surface area contributed by atoms with Crippen molar-refractivity contribution < 1.29 is 23.7 Å². The maximum Gasteiger partial charge on any atom is 0.265 e. The summed E-state index contributed by atoms with van der Waals surface area (Å²) in [4.78, 5) is 12.5. The zero-order chi connectivity index (χ0) is 18.4. The summed E-state index contributed by atoms with van der Waals surface area (Å²) in [6.07, 6.45) is -0.761. The molecule has 0 aliphatic rings. The van der Waals surface area contributed by atoms with E-state index in [-0.39, 0.29) is 5.91 Å². The highest BCUT2D eigenvalue weighted by molar-refractivity contribution is 6.32. The second kappa shape index (κ2) is 8.48. The van der Waals surface area contributed by atoms with Crippen LogP contribution in [0.3, 0.4) is 0 Å². The van der Waals surface area contributed by atoms with Crippen molar-refractivity contribution in [2.24, 2.45) is 0 Å².